The van der Waals surface area contributed by atoms with Crippen LogP contribution in [0.2, 0.25) is 0 Å². The number of carbonyl (C=O) groups excluding carboxylic acids is 1. The zero-order chi connectivity index (χ0) is 26.2. The first-order chi connectivity index (χ1) is 18.5. The van der Waals surface area contributed by atoms with Crippen molar-refractivity contribution in [1.82, 2.24) is 30.0 Å². The van der Waals surface area contributed by atoms with Gasteiger partial charge in [-0.2, -0.15) is 5.10 Å². The van der Waals surface area contributed by atoms with Gasteiger partial charge in [0.2, 0.25) is 5.91 Å². The van der Waals surface area contributed by atoms with Crippen LogP contribution in [0.1, 0.15) is 25.3 Å². The van der Waals surface area contributed by atoms with Crippen LogP contribution in [0.4, 0.5) is 11.4 Å². The van der Waals surface area contributed by atoms with Gasteiger partial charge >= 0.3 is 0 Å². The van der Waals surface area contributed by atoms with Gasteiger partial charge in [-0.25, -0.2) is 0 Å². The Morgan fingerprint density at radius 3 is 2.71 bits per heavy atom. The van der Waals surface area contributed by atoms with Crippen LogP contribution in [0.15, 0.2) is 48.9 Å². The lowest BCUT2D eigenvalue weighted by Gasteiger charge is -2.34. The van der Waals surface area contributed by atoms with Crippen LogP contribution in [0, 0.1) is 6.92 Å². The molecule has 5 heterocycles. The van der Waals surface area contributed by atoms with E-state index in [1.165, 1.54) is 16.6 Å². The number of rotatable bonds is 6. The van der Waals surface area contributed by atoms with E-state index < -0.39 is 0 Å². The van der Waals surface area contributed by atoms with Crippen molar-refractivity contribution in [2.45, 2.75) is 26.7 Å². The van der Waals surface area contributed by atoms with Crippen molar-refractivity contribution in [3.05, 3.63) is 54.5 Å². The number of likely N-dealkylation sites (N-methyl/N-ethyl adjacent to an activating group) is 1. The van der Waals surface area contributed by atoms with Crippen LogP contribution in [0.3, 0.4) is 0 Å². The molecular weight excluding hydrogens is 476 g/mol. The summed E-state index contributed by atoms with van der Waals surface area (Å²) in [7, 11) is 2.18. The minimum absolute atomic E-state index is 0.0166. The number of hydrogen-bond acceptors (Lipinski definition) is 6. The molecule has 9 heteroatoms. The van der Waals surface area contributed by atoms with Crippen molar-refractivity contribution >= 4 is 39.1 Å². The van der Waals surface area contributed by atoms with E-state index in [1.54, 1.807) is 18.6 Å². The number of aromatic amines is 2. The van der Waals surface area contributed by atoms with E-state index in [2.05, 4.69) is 72.4 Å². The van der Waals surface area contributed by atoms with Crippen molar-refractivity contribution in [2.75, 3.05) is 43.4 Å². The fourth-order valence-corrected chi connectivity index (χ4v) is 5.17. The summed E-state index contributed by atoms with van der Waals surface area (Å²) in [6.45, 7) is 8.27. The van der Waals surface area contributed by atoms with Gasteiger partial charge in [0.15, 0.2) is 0 Å². The number of piperazine rings is 1. The normalized spacial score (nSPS) is 14.4. The Morgan fingerprint density at radius 2 is 1.89 bits per heavy atom. The van der Waals surface area contributed by atoms with Gasteiger partial charge in [0, 0.05) is 60.8 Å². The summed E-state index contributed by atoms with van der Waals surface area (Å²) in [5.41, 5.74) is 8.55. The van der Waals surface area contributed by atoms with E-state index in [9.17, 15) is 4.79 Å². The summed E-state index contributed by atoms with van der Waals surface area (Å²) in [6, 6.07) is 10.6. The van der Waals surface area contributed by atoms with Crippen LogP contribution in [0.25, 0.3) is 44.5 Å². The number of carbonyl (C=O) groups is 1. The van der Waals surface area contributed by atoms with E-state index >= 15 is 0 Å². The molecule has 0 radical (unpaired) electrons. The fourth-order valence-electron chi connectivity index (χ4n) is 5.17. The average molecular weight is 509 g/mol. The van der Waals surface area contributed by atoms with Crippen molar-refractivity contribution in [3.8, 4) is 22.6 Å². The minimum Gasteiger partial charge on any atom is -0.368 e. The molecule has 1 saturated heterocycles. The van der Waals surface area contributed by atoms with E-state index in [4.69, 9.17) is 0 Å². The second kappa shape index (κ2) is 9.90. The zero-order valence-electron chi connectivity index (χ0n) is 22.0. The molecule has 1 fully saturated rings. The molecule has 1 amide bonds. The maximum Gasteiger partial charge on any atom is 0.224 e. The van der Waals surface area contributed by atoms with Crippen molar-refractivity contribution in [3.63, 3.8) is 0 Å². The van der Waals surface area contributed by atoms with Gasteiger partial charge in [-0.3, -0.25) is 19.9 Å². The molecule has 1 aliphatic heterocycles. The molecule has 194 valence electrons. The lowest BCUT2D eigenvalue weighted by Crippen LogP contribution is -2.44. The Bertz CT molecular complexity index is 1630. The van der Waals surface area contributed by atoms with Crippen LogP contribution in [-0.2, 0) is 4.79 Å². The Labute approximate surface area is 221 Å². The van der Waals surface area contributed by atoms with E-state index in [0.717, 1.165) is 71.7 Å². The Kier molecular flexibility index (Phi) is 6.29. The molecule has 1 aromatic carbocycles. The average Bonchev–Trinajstić information content (AvgIpc) is 3.55. The Balaban J connectivity index is 1.38. The van der Waals surface area contributed by atoms with Crippen molar-refractivity contribution in [2.24, 2.45) is 0 Å². The molecule has 5 aromatic rings. The van der Waals surface area contributed by atoms with Gasteiger partial charge in [0.25, 0.3) is 0 Å². The van der Waals surface area contributed by atoms with Crippen LogP contribution < -0.4 is 10.2 Å². The first-order valence-corrected chi connectivity index (χ1v) is 13.2. The predicted octanol–water partition coefficient (Wildman–Crippen LogP) is 4.97. The topological polar surface area (TPSA) is 106 Å². The van der Waals surface area contributed by atoms with E-state index in [0.29, 0.717) is 12.1 Å². The maximum absolute atomic E-state index is 12.1. The van der Waals surface area contributed by atoms with Crippen LogP contribution >= 0.6 is 0 Å². The maximum atomic E-state index is 12.1. The molecule has 9 nitrogen and oxygen atoms in total. The first kappa shape index (κ1) is 24.1. The lowest BCUT2D eigenvalue weighted by molar-refractivity contribution is -0.116. The highest BCUT2D eigenvalue weighted by Crippen LogP contribution is 2.36. The second-order valence-electron chi connectivity index (χ2n) is 10.1. The number of amides is 1. The number of benzene rings is 1. The molecule has 0 unspecified atom stereocenters. The summed E-state index contributed by atoms with van der Waals surface area (Å²) < 4.78 is 0. The van der Waals surface area contributed by atoms with Gasteiger partial charge in [0.1, 0.15) is 5.69 Å². The summed E-state index contributed by atoms with van der Waals surface area (Å²) in [6.07, 6.45) is 6.49. The molecule has 38 heavy (non-hydrogen) atoms. The van der Waals surface area contributed by atoms with Crippen LogP contribution in [0.5, 0.6) is 0 Å². The standard InChI is InChI=1S/C29H32N8O/c1-4-5-27(38)32-20-12-19(15-30-16-20)23-13-21-25(17-31-23)34-35-29(21)24-14-22-26(7-6-18(2)28(22)33-24)37-10-8-36(3)9-11-37/h6-7,12-17,33H,4-5,8-11H2,1-3H3,(H,32,38)(H,34,35). The number of pyridine rings is 2. The number of H-pyrrole nitrogens is 2. The quantitative estimate of drug-likeness (QED) is 0.299. The highest BCUT2D eigenvalue weighted by molar-refractivity contribution is 6.01. The van der Waals surface area contributed by atoms with Gasteiger partial charge in [-0.05, 0) is 50.2 Å². The van der Waals surface area contributed by atoms with Gasteiger partial charge in [0.05, 0.1) is 40.5 Å². The van der Waals surface area contributed by atoms with E-state index in [1.807, 2.05) is 19.1 Å². The second-order valence-corrected chi connectivity index (χ2v) is 10.1. The molecule has 0 saturated carbocycles. The molecular formula is C29H32N8O. The zero-order valence-corrected chi connectivity index (χ0v) is 22.0. The first-order valence-electron chi connectivity index (χ1n) is 13.2. The number of aryl methyl sites for hydroxylation is 1. The summed E-state index contributed by atoms with van der Waals surface area (Å²) in [4.78, 5) is 29.5. The smallest absolute Gasteiger partial charge is 0.224 e. The number of hydrogen-bond donors (Lipinski definition) is 3. The molecule has 0 aliphatic carbocycles. The Hall–Kier alpha value is -4.24. The summed E-state index contributed by atoms with van der Waals surface area (Å²) in [5.74, 6) is -0.0166. The molecule has 1 aliphatic rings. The Morgan fingerprint density at radius 1 is 1.05 bits per heavy atom. The van der Waals surface area contributed by atoms with Gasteiger partial charge in [-0.1, -0.05) is 13.0 Å². The van der Waals surface area contributed by atoms with E-state index in [-0.39, 0.29) is 5.91 Å². The largest absolute Gasteiger partial charge is 0.368 e. The third-order valence-electron chi connectivity index (χ3n) is 7.32. The highest BCUT2D eigenvalue weighted by Gasteiger charge is 2.20. The molecule has 0 atom stereocenters. The van der Waals surface area contributed by atoms with Gasteiger partial charge in [-0.15, -0.1) is 0 Å². The molecule has 6 rings (SSSR count). The number of anilines is 2. The van der Waals surface area contributed by atoms with Gasteiger partial charge < -0.3 is 20.1 Å². The molecule has 0 bridgehead atoms. The third kappa shape index (κ3) is 4.50. The number of fused-ring (bicyclic) bond motifs is 2. The predicted molar refractivity (Wildman–Crippen MR) is 152 cm³/mol. The van der Waals surface area contributed by atoms with Crippen molar-refractivity contribution in [1.29, 1.82) is 0 Å². The summed E-state index contributed by atoms with van der Waals surface area (Å²) >= 11 is 0. The molecule has 3 N–H and O–H groups in total. The molecule has 0 spiro atoms. The fraction of sp³-hybridized carbons (Fsp3) is 0.310. The number of nitrogens with zero attached hydrogens (tertiary/aromatic N) is 5. The molecule has 4 aromatic heterocycles. The lowest BCUT2D eigenvalue weighted by atomic mass is 10.1. The third-order valence-corrected chi connectivity index (χ3v) is 7.32. The summed E-state index contributed by atoms with van der Waals surface area (Å²) in [5, 5.41) is 12.9. The van der Waals surface area contributed by atoms with Crippen molar-refractivity contribution < 1.29 is 4.79 Å². The SMILES string of the molecule is CCCC(=O)Nc1cncc(-c2cc3c(-c4cc5c(N6CCN(C)CC6)ccc(C)c5[nH]4)n[nH]c3cn2)c1. The highest BCUT2D eigenvalue weighted by atomic mass is 16.1. The minimum atomic E-state index is -0.0166. The number of nitrogens with one attached hydrogen (secondary N) is 3. The van der Waals surface area contributed by atoms with Crippen LogP contribution in [-0.4, -0.2) is 69.2 Å². The monoisotopic (exact) mass is 508 g/mol. The number of aromatic nitrogens is 5.